The van der Waals surface area contributed by atoms with Crippen molar-refractivity contribution in [2.75, 3.05) is 27.2 Å². The third-order valence-electron chi connectivity index (χ3n) is 9.15. The van der Waals surface area contributed by atoms with E-state index in [1.807, 2.05) is 86.6 Å². The first kappa shape index (κ1) is 40.0. The number of nitrogens with two attached hydrogens (primary N) is 1. The van der Waals surface area contributed by atoms with Gasteiger partial charge in [-0.1, -0.05) is 78.4 Å². The van der Waals surface area contributed by atoms with Gasteiger partial charge in [0.25, 0.3) is 0 Å². The van der Waals surface area contributed by atoms with Gasteiger partial charge in [-0.15, -0.1) is 0 Å². The maximum Gasteiger partial charge on any atom is 0.409 e. The van der Waals surface area contributed by atoms with Crippen LogP contribution in [0.5, 0.6) is 0 Å². The lowest BCUT2D eigenvalue weighted by Gasteiger charge is -2.34. The highest BCUT2D eigenvalue weighted by Crippen LogP contribution is 2.22. The van der Waals surface area contributed by atoms with Crippen LogP contribution in [0.15, 0.2) is 84.4 Å². The van der Waals surface area contributed by atoms with Crippen LogP contribution in [-0.2, 0) is 36.7 Å². The molecule has 0 spiro atoms. The Bertz CT molecular complexity index is 1730. The summed E-state index contributed by atoms with van der Waals surface area (Å²) in [6, 6.07) is 21.8. The SMILES string of the molecule is CC(=CC(=O)N(C)[C@H](Cc1ccc2ccccc2c1)C(=O)N(C)[C@H](Cc1ccccc1)C(=O)NCC1CCCO1)CC(C)(C)NC(=O)OC(C)(C)N. The normalized spacial score (nSPS) is 16.2. The monoisotopic (exact) mass is 713 g/mol. The van der Waals surface area contributed by atoms with Crippen LogP contribution < -0.4 is 16.4 Å². The zero-order chi connectivity index (χ0) is 38.1. The van der Waals surface area contributed by atoms with Crippen molar-refractivity contribution in [2.45, 2.75) is 96.2 Å². The lowest BCUT2D eigenvalue weighted by molar-refractivity contribution is -0.146. The molecule has 1 fully saturated rings. The standard InChI is InChI=1S/C41H55N5O6/c1-28(26-40(2,3)44-39(50)52-41(4,5)42)22-36(47)45(6)35(25-30-19-20-31-16-11-12-17-32(31)23-30)38(49)46(7)34(24-29-14-9-8-10-15-29)37(48)43-27-33-18-13-21-51-33/h8-12,14-17,19-20,22-23,33-35H,13,18,21,24-27,42H2,1-7H3,(H,43,48)(H,44,50)/t33?,34-,35-/m1/s1. The molecule has 1 saturated heterocycles. The first-order valence-electron chi connectivity index (χ1n) is 17.9. The van der Waals surface area contributed by atoms with Crippen molar-refractivity contribution in [1.29, 1.82) is 0 Å². The van der Waals surface area contributed by atoms with Crippen molar-refractivity contribution in [3.8, 4) is 0 Å². The summed E-state index contributed by atoms with van der Waals surface area (Å²) in [7, 11) is 3.24. The minimum absolute atomic E-state index is 0.0555. The second kappa shape index (κ2) is 17.7. The molecule has 4 rings (SSSR count). The number of rotatable bonds is 15. The van der Waals surface area contributed by atoms with E-state index in [0.29, 0.717) is 31.6 Å². The van der Waals surface area contributed by atoms with Crippen LogP contribution in [-0.4, -0.2) is 90.3 Å². The average Bonchev–Trinajstić information content (AvgIpc) is 3.60. The number of carbonyl (C=O) groups excluding carboxylic acids is 4. The van der Waals surface area contributed by atoms with E-state index >= 15 is 0 Å². The summed E-state index contributed by atoms with van der Waals surface area (Å²) in [5.74, 6) is -1.03. The number of hydrogen-bond donors (Lipinski definition) is 3. The molecule has 52 heavy (non-hydrogen) atoms. The molecule has 1 heterocycles. The van der Waals surface area contributed by atoms with Gasteiger partial charge in [-0.3, -0.25) is 20.1 Å². The second-order valence-electron chi connectivity index (χ2n) is 15.1. The van der Waals surface area contributed by atoms with Gasteiger partial charge in [-0.05, 0) is 75.8 Å². The summed E-state index contributed by atoms with van der Waals surface area (Å²) >= 11 is 0. The Hall–Kier alpha value is -4.74. The van der Waals surface area contributed by atoms with E-state index in [9.17, 15) is 19.2 Å². The van der Waals surface area contributed by atoms with Crippen molar-refractivity contribution < 1.29 is 28.7 Å². The molecule has 11 heteroatoms. The van der Waals surface area contributed by atoms with Gasteiger partial charge in [-0.2, -0.15) is 0 Å². The number of carbonyl (C=O) groups is 4. The number of ether oxygens (including phenoxy) is 2. The Morgan fingerprint density at radius 1 is 0.904 bits per heavy atom. The number of nitrogens with zero attached hydrogens (tertiary/aromatic N) is 2. The average molecular weight is 714 g/mol. The molecule has 0 saturated carbocycles. The van der Waals surface area contributed by atoms with E-state index in [1.165, 1.54) is 15.9 Å². The van der Waals surface area contributed by atoms with Gasteiger partial charge in [0.1, 0.15) is 12.1 Å². The number of likely N-dealkylation sites (N-methyl/N-ethyl adjacent to an activating group) is 2. The van der Waals surface area contributed by atoms with Gasteiger partial charge in [0.05, 0.1) is 6.10 Å². The molecule has 0 radical (unpaired) electrons. The van der Waals surface area contributed by atoms with Crippen LogP contribution in [0.1, 0.15) is 65.0 Å². The molecule has 1 aliphatic heterocycles. The van der Waals surface area contributed by atoms with Crippen LogP contribution >= 0.6 is 0 Å². The zero-order valence-corrected chi connectivity index (χ0v) is 31.6. The third kappa shape index (κ3) is 11.9. The molecule has 1 unspecified atom stereocenters. The Balaban J connectivity index is 1.60. The van der Waals surface area contributed by atoms with Crippen molar-refractivity contribution in [1.82, 2.24) is 20.4 Å². The van der Waals surface area contributed by atoms with Gasteiger partial charge < -0.3 is 29.9 Å². The maximum absolute atomic E-state index is 14.6. The molecule has 3 aromatic rings. The summed E-state index contributed by atoms with van der Waals surface area (Å²) in [5, 5.41) is 7.91. The maximum atomic E-state index is 14.6. The summed E-state index contributed by atoms with van der Waals surface area (Å²) < 4.78 is 10.9. The first-order valence-corrected chi connectivity index (χ1v) is 17.9. The van der Waals surface area contributed by atoms with Gasteiger partial charge in [0.15, 0.2) is 5.72 Å². The lowest BCUT2D eigenvalue weighted by atomic mass is 9.95. The van der Waals surface area contributed by atoms with Gasteiger partial charge in [0.2, 0.25) is 17.7 Å². The molecular weight excluding hydrogens is 658 g/mol. The van der Waals surface area contributed by atoms with E-state index in [1.54, 1.807) is 34.9 Å². The van der Waals surface area contributed by atoms with Crippen LogP contribution in [0.3, 0.4) is 0 Å². The summed E-state index contributed by atoms with van der Waals surface area (Å²) in [6.45, 7) is 9.63. The van der Waals surface area contributed by atoms with Gasteiger partial charge in [-0.25, -0.2) is 4.79 Å². The van der Waals surface area contributed by atoms with Crippen LogP contribution in [0.25, 0.3) is 10.8 Å². The summed E-state index contributed by atoms with van der Waals surface area (Å²) in [4.78, 5) is 57.7. The van der Waals surface area contributed by atoms with Crippen molar-refractivity contribution in [3.05, 3.63) is 95.6 Å². The third-order valence-corrected chi connectivity index (χ3v) is 9.15. The largest absolute Gasteiger partial charge is 0.429 e. The number of nitrogens with one attached hydrogen (secondary N) is 2. The van der Waals surface area contributed by atoms with Gasteiger partial charge in [0, 0.05) is 51.7 Å². The number of alkyl carbamates (subject to hydrolysis) is 1. The minimum Gasteiger partial charge on any atom is -0.429 e. The highest BCUT2D eigenvalue weighted by Gasteiger charge is 2.35. The highest BCUT2D eigenvalue weighted by molar-refractivity contribution is 5.95. The molecule has 3 atom stereocenters. The lowest BCUT2D eigenvalue weighted by Crippen LogP contribution is -2.56. The molecule has 4 N–H and O–H groups in total. The highest BCUT2D eigenvalue weighted by atomic mass is 16.6. The van der Waals surface area contributed by atoms with E-state index in [0.717, 1.165) is 34.7 Å². The first-order chi connectivity index (χ1) is 24.5. The van der Waals surface area contributed by atoms with Crippen molar-refractivity contribution in [3.63, 3.8) is 0 Å². The summed E-state index contributed by atoms with van der Waals surface area (Å²) in [5.41, 5.74) is 6.39. The number of fused-ring (bicyclic) bond motifs is 1. The van der Waals surface area contributed by atoms with E-state index in [4.69, 9.17) is 15.2 Å². The Morgan fingerprint density at radius 2 is 1.56 bits per heavy atom. The molecule has 280 valence electrons. The second-order valence-corrected chi connectivity index (χ2v) is 15.1. The van der Waals surface area contributed by atoms with Crippen LogP contribution in [0.2, 0.25) is 0 Å². The topological polar surface area (TPSA) is 143 Å². The molecule has 0 aromatic heterocycles. The Kier molecular flexibility index (Phi) is 13.6. The molecule has 0 aliphatic carbocycles. The Morgan fingerprint density at radius 3 is 2.21 bits per heavy atom. The molecular formula is C41H55N5O6. The smallest absolute Gasteiger partial charge is 0.409 e. The number of hydrogen-bond acceptors (Lipinski definition) is 7. The quantitative estimate of drug-likeness (QED) is 0.147. The van der Waals surface area contributed by atoms with Crippen molar-refractivity contribution >= 4 is 34.6 Å². The number of amides is 4. The molecule has 11 nitrogen and oxygen atoms in total. The fourth-order valence-corrected chi connectivity index (χ4v) is 6.55. The van der Waals surface area contributed by atoms with Crippen LogP contribution in [0.4, 0.5) is 4.79 Å². The summed E-state index contributed by atoms with van der Waals surface area (Å²) in [6.07, 6.45) is 3.44. The predicted molar refractivity (Wildman–Crippen MR) is 203 cm³/mol. The predicted octanol–water partition coefficient (Wildman–Crippen LogP) is 5.11. The molecule has 3 aromatic carbocycles. The fourth-order valence-electron chi connectivity index (χ4n) is 6.55. The molecule has 0 bridgehead atoms. The fraction of sp³-hybridized carbons (Fsp3) is 0.463. The Labute approximate surface area is 307 Å². The van der Waals surface area contributed by atoms with E-state index < -0.39 is 29.4 Å². The number of benzene rings is 3. The molecule has 1 aliphatic rings. The van der Waals surface area contributed by atoms with E-state index in [2.05, 4.69) is 10.6 Å². The minimum atomic E-state index is -1.14. The zero-order valence-electron chi connectivity index (χ0n) is 31.6. The van der Waals surface area contributed by atoms with Crippen molar-refractivity contribution in [2.24, 2.45) is 5.73 Å². The van der Waals surface area contributed by atoms with Crippen LogP contribution in [0, 0.1) is 0 Å². The van der Waals surface area contributed by atoms with Gasteiger partial charge >= 0.3 is 6.09 Å². The molecule has 4 amide bonds. The van der Waals surface area contributed by atoms with E-state index in [-0.39, 0.29) is 30.2 Å².